The molecule has 3 aromatic rings. The molecule has 0 aliphatic carbocycles. The molecule has 1 aliphatic heterocycles. The van der Waals surface area contributed by atoms with Crippen molar-refractivity contribution in [1.29, 1.82) is 0 Å². The van der Waals surface area contributed by atoms with E-state index in [0.29, 0.717) is 39.3 Å². The molecule has 3 heterocycles. The first-order valence-electron chi connectivity index (χ1n) is 11.5. The molecule has 6 nitrogen and oxygen atoms in total. The lowest BCUT2D eigenvalue weighted by molar-refractivity contribution is -0.122. The number of hydrogen-bond donors (Lipinski definition) is 1. The van der Waals surface area contributed by atoms with Gasteiger partial charge in [0.1, 0.15) is 15.8 Å². The monoisotopic (exact) mass is 492 g/mol. The Morgan fingerprint density at radius 1 is 1.12 bits per heavy atom. The number of amides is 1. The zero-order chi connectivity index (χ0) is 24.1. The van der Waals surface area contributed by atoms with Crippen molar-refractivity contribution in [1.82, 2.24) is 14.3 Å². The van der Waals surface area contributed by atoms with E-state index in [4.69, 9.17) is 17.2 Å². The molecule has 1 aliphatic rings. The smallest absolute Gasteiger partial charge is 0.267 e. The second-order valence-electron chi connectivity index (χ2n) is 8.32. The summed E-state index contributed by atoms with van der Waals surface area (Å²) < 4.78 is 2.07. The van der Waals surface area contributed by atoms with Crippen LogP contribution in [-0.4, -0.2) is 37.6 Å². The van der Waals surface area contributed by atoms with Gasteiger partial charge >= 0.3 is 0 Å². The number of unbranched alkanes of at least 4 members (excludes halogenated alkanes) is 2. The Morgan fingerprint density at radius 3 is 2.68 bits per heavy atom. The quantitative estimate of drug-likeness (QED) is 0.256. The topological polar surface area (TPSA) is 66.7 Å². The highest BCUT2D eigenvalue weighted by atomic mass is 32.2. The lowest BCUT2D eigenvalue weighted by Gasteiger charge is -2.14. The maximum atomic E-state index is 13.5. The van der Waals surface area contributed by atoms with Gasteiger partial charge in [0.25, 0.3) is 11.5 Å². The Hall–Kier alpha value is -2.97. The molecule has 1 saturated heterocycles. The van der Waals surface area contributed by atoms with Crippen LogP contribution in [0.25, 0.3) is 11.7 Å². The fraction of sp³-hybridized carbons (Fsp3) is 0.308. The van der Waals surface area contributed by atoms with E-state index in [1.54, 1.807) is 17.2 Å². The van der Waals surface area contributed by atoms with Crippen LogP contribution in [0, 0.1) is 6.92 Å². The van der Waals surface area contributed by atoms with E-state index >= 15 is 0 Å². The summed E-state index contributed by atoms with van der Waals surface area (Å²) >= 11 is 6.70. The molecule has 0 spiro atoms. The van der Waals surface area contributed by atoms with Gasteiger partial charge in [-0.25, -0.2) is 4.98 Å². The maximum absolute atomic E-state index is 13.5. The van der Waals surface area contributed by atoms with Crippen molar-refractivity contribution in [3.8, 4) is 0 Å². The van der Waals surface area contributed by atoms with E-state index in [-0.39, 0.29) is 11.5 Å². The van der Waals surface area contributed by atoms with Crippen LogP contribution in [0.2, 0.25) is 0 Å². The molecule has 1 amide bonds. The minimum Gasteiger partial charge on any atom is -0.369 e. The molecule has 0 atom stereocenters. The lowest BCUT2D eigenvalue weighted by Crippen LogP contribution is -2.29. The summed E-state index contributed by atoms with van der Waals surface area (Å²) in [6.07, 6.45) is 7.22. The standard InChI is InChI=1S/C26H28N4O2S2/c1-3-4-8-15-29-25(32)21(34-26(29)33)16-20-23(27-14-13-19-9-6-5-7-10-19)28-22-12-11-18(2)17-30(22)24(20)31/h5-7,9-12,16-17,27H,3-4,8,13-15H2,1-2H3. The summed E-state index contributed by atoms with van der Waals surface area (Å²) in [4.78, 5) is 33.3. The third kappa shape index (κ3) is 5.39. The number of thioether (sulfide) groups is 1. The van der Waals surface area contributed by atoms with Crippen LogP contribution in [0.1, 0.15) is 42.9 Å². The average molecular weight is 493 g/mol. The van der Waals surface area contributed by atoms with Gasteiger partial charge < -0.3 is 5.32 Å². The molecule has 2 aromatic heterocycles. The van der Waals surface area contributed by atoms with E-state index in [1.165, 1.54) is 21.7 Å². The number of nitrogens with one attached hydrogen (secondary N) is 1. The number of thiocarbonyl (C=S) groups is 1. The summed E-state index contributed by atoms with van der Waals surface area (Å²) in [6, 6.07) is 13.9. The van der Waals surface area contributed by atoms with Crippen LogP contribution >= 0.6 is 24.0 Å². The number of carbonyl (C=O) groups excluding carboxylic acids is 1. The van der Waals surface area contributed by atoms with Crippen LogP contribution in [0.5, 0.6) is 0 Å². The lowest BCUT2D eigenvalue weighted by atomic mass is 10.1. The fourth-order valence-corrected chi connectivity index (χ4v) is 5.13. The molecular weight excluding hydrogens is 464 g/mol. The van der Waals surface area contributed by atoms with Crippen molar-refractivity contribution < 1.29 is 4.79 Å². The molecular formula is C26H28N4O2S2. The number of aryl methyl sites for hydroxylation is 1. The summed E-state index contributed by atoms with van der Waals surface area (Å²) in [5.41, 5.74) is 2.85. The predicted molar refractivity (Wildman–Crippen MR) is 144 cm³/mol. The number of hydrogen-bond acceptors (Lipinski definition) is 6. The number of aromatic nitrogens is 2. The van der Waals surface area contributed by atoms with E-state index in [2.05, 4.69) is 24.4 Å². The first kappa shape index (κ1) is 24.2. The Balaban J connectivity index is 1.67. The number of carbonyl (C=O) groups is 1. The average Bonchev–Trinajstić information content (AvgIpc) is 3.10. The van der Waals surface area contributed by atoms with Gasteiger partial charge in [0, 0.05) is 19.3 Å². The number of anilines is 1. The Morgan fingerprint density at radius 2 is 1.91 bits per heavy atom. The van der Waals surface area contributed by atoms with Crippen molar-refractivity contribution in [2.75, 3.05) is 18.4 Å². The number of benzene rings is 1. The largest absolute Gasteiger partial charge is 0.369 e. The molecule has 1 N–H and O–H groups in total. The molecule has 8 heteroatoms. The summed E-state index contributed by atoms with van der Waals surface area (Å²) in [6.45, 7) is 5.26. The predicted octanol–water partition coefficient (Wildman–Crippen LogP) is 5.05. The van der Waals surface area contributed by atoms with E-state index in [1.807, 2.05) is 37.3 Å². The summed E-state index contributed by atoms with van der Waals surface area (Å²) in [5.74, 6) is 0.330. The van der Waals surface area contributed by atoms with Crippen molar-refractivity contribution in [2.24, 2.45) is 0 Å². The third-order valence-electron chi connectivity index (χ3n) is 5.69. The highest BCUT2D eigenvalue weighted by Crippen LogP contribution is 2.33. The van der Waals surface area contributed by atoms with Crippen molar-refractivity contribution in [2.45, 2.75) is 39.5 Å². The molecule has 0 bridgehead atoms. The SMILES string of the molecule is CCCCCN1C(=O)C(=Cc2c(NCCc3ccccc3)nc3ccc(C)cn3c2=O)SC1=S. The van der Waals surface area contributed by atoms with Gasteiger partial charge in [-0.2, -0.15) is 0 Å². The third-order valence-corrected chi connectivity index (χ3v) is 7.07. The van der Waals surface area contributed by atoms with Crippen LogP contribution < -0.4 is 10.9 Å². The first-order chi connectivity index (χ1) is 16.5. The summed E-state index contributed by atoms with van der Waals surface area (Å²) in [5, 5.41) is 3.33. The normalized spacial score (nSPS) is 15.0. The zero-order valence-corrected chi connectivity index (χ0v) is 21.0. The molecule has 0 radical (unpaired) electrons. The van der Waals surface area contributed by atoms with E-state index in [0.717, 1.165) is 31.2 Å². The van der Waals surface area contributed by atoms with Crippen LogP contribution in [-0.2, 0) is 11.2 Å². The molecule has 176 valence electrons. The minimum absolute atomic E-state index is 0.143. The number of rotatable bonds is 9. The fourth-order valence-electron chi connectivity index (χ4n) is 3.84. The molecule has 0 unspecified atom stereocenters. The number of fused-ring (bicyclic) bond motifs is 1. The molecule has 34 heavy (non-hydrogen) atoms. The minimum atomic E-state index is -0.216. The highest BCUT2D eigenvalue weighted by molar-refractivity contribution is 8.26. The molecule has 1 aromatic carbocycles. The van der Waals surface area contributed by atoms with Gasteiger partial charge in [-0.15, -0.1) is 0 Å². The second-order valence-corrected chi connectivity index (χ2v) is 9.99. The van der Waals surface area contributed by atoms with Gasteiger partial charge in [-0.05, 0) is 43.0 Å². The second kappa shape index (κ2) is 11.0. The number of pyridine rings is 1. The van der Waals surface area contributed by atoms with E-state index < -0.39 is 0 Å². The van der Waals surface area contributed by atoms with Gasteiger partial charge in [0.2, 0.25) is 0 Å². The van der Waals surface area contributed by atoms with Crippen molar-refractivity contribution >= 4 is 51.7 Å². The Kier molecular flexibility index (Phi) is 7.80. The highest BCUT2D eigenvalue weighted by Gasteiger charge is 2.32. The van der Waals surface area contributed by atoms with Gasteiger partial charge in [-0.3, -0.25) is 18.9 Å². The zero-order valence-electron chi connectivity index (χ0n) is 19.4. The van der Waals surface area contributed by atoms with Crippen LogP contribution in [0.4, 0.5) is 5.82 Å². The van der Waals surface area contributed by atoms with Gasteiger partial charge in [0.05, 0.1) is 10.5 Å². The maximum Gasteiger partial charge on any atom is 0.267 e. The molecule has 4 rings (SSSR count). The van der Waals surface area contributed by atoms with Gasteiger partial charge in [-0.1, -0.05) is 80.1 Å². The first-order valence-corrected chi connectivity index (χ1v) is 12.8. The van der Waals surface area contributed by atoms with Crippen molar-refractivity contribution in [3.63, 3.8) is 0 Å². The molecule has 0 saturated carbocycles. The van der Waals surface area contributed by atoms with Gasteiger partial charge in [0.15, 0.2) is 0 Å². The van der Waals surface area contributed by atoms with E-state index in [9.17, 15) is 9.59 Å². The Bertz CT molecular complexity index is 1300. The van der Waals surface area contributed by atoms with Crippen molar-refractivity contribution in [3.05, 3.63) is 80.6 Å². The molecule has 1 fully saturated rings. The Labute approximate surface area is 209 Å². The van der Waals surface area contributed by atoms with Crippen LogP contribution in [0.3, 0.4) is 0 Å². The number of nitrogens with zero attached hydrogens (tertiary/aromatic N) is 3. The summed E-state index contributed by atoms with van der Waals surface area (Å²) in [7, 11) is 0. The van der Waals surface area contributed by atoms with Crippen LogP contribution in [0.15, 0.2) is 58.4 Å².